The number of nitrogens with zero attached hydrogens (tertiary/aromatic N) is 1. The van der Waals surface area contributed by atoms with Crippen molar-refractivity contribution in [1.29, 1.82) is 0 Å². The van der Waals surface area contributed by atoms with Gasteiger partial charge in [0.25, 0.3) is 0 Å². The molecule has 0 heterocycles. The van der Waals surface area contributed by atoms with E-state index in [0.717, 1.165) is 11.1 Å². The van der Waals surface area contributed by atoms with Gasteiger partial charge in [-0.2, -0.15) is 0 Å². The number of guanidine groups is 1. The Kier molecular flexibility index (Phi) is 10.0. The van der Waals surface area contributed by atoms with Crippen LogP contribution >= 0.6 is 0 Å². The summed E-state index contributed by atoms with van der Waals surface area (Å²) in [5, 5.41) is 13.9. The number of carbonyl (C=O) groups is 3. The van der Waals surface area contributed by atoms with E-state index in [9.17, 15) is 19.5 Å². The lowest BCUT2D eigenvalue weighted by molar-refractivity contribution is -0.139. The van der Waals surface area contributed by atoms with Crippen molar-refractivity contribution < 1.29 is 29.0 Å². The molecule has 0 aliphatic carbocycles. The number of carboxylic acid groups (broad SMARTS) is 1. The number of hydrogen-bond acceptors (Lipinski definition) is 6. The monoisotopic (exact) mass is 442 g/mol. The third kappa shape index (κ3) is 9.61. The molecule has 0 bridgehead atoms. The molecule has 0 radical (unpaired) electrons. The second kappa shape index (κ2) is 13.3. The quantitative estimate of drug-likeness (QED) is 0.250. The molecule has 32 heavy (non-hydrogen) atoms. The summed E-state index contributed by atoms with van der Waals surface area (Å²) in [6.45, 7) is 0.271. The first-order valence-electron chi connectivity index (χ1n) is 9.91. The average Bonchev–Trinajstić information content (AvgIpc) is 2.79. The predicted octanol–water partition coefficient (Wildman–Crippen LogP) is 2.39. The zero-order valence-corrected chi connectivity index (χ0v) is 17.4. The smallest absolute Gasteiger partial charge is 0.414 e. The number of amides is 2. The van der Waals surface area contributed by atoms with Gasteiger partial charge in [0.1, 0.15) is 19.3 Å². The van der Waals surface area contributed by atoms with Crippen molar-refractivity contribution in [1.82, 2.24) is 10.6 Å². The summed E-state index contributed by atoms with van der Waals surface area (Å²) in [6.07, 6.45) is -1.17. The number of nitrogens with two attached hydrogens (primary N) is 1. The molecule has 0 aliphatic rings. The SMILES string of the molecule is NC(=NCCC[C@@H](NC(=O)OCc1ccccc1)C(=O)O)NC(=O)OCc1ccccc1. The van der Waals surface area contributed by atoms with Gasteiger partial charge in [-0.3, -0.25) is 10.3 Å². The number of carbonyl (C=O) groups excluding carboxylic acids is 2. The number of carboxylic acids is 1. The topological polar surface area (TPSA) is 152 Å². The van der Waals surface area contributed by atoms with E-state index in [1.54, 1.807) is 24.3 Å². The van der Waals surface area contributed by atoms with Crippen LogP contribution < -0.4 is 16.4 Å². The highest BCUT2D eigenvalue weighted by Crippen LogP contribution is 2.03. The number of ether oxygens (including phenoxy) is 2. The molecule has 10 nitrogen and oxygen atoms in total. The summed E-state index contributed by atoms with van der Waals surface area (Å²) in [6, 6.07) is 17.0. The molecule has 0 saturated carbocycles. The molecule has 0 fully saturated rings. The third-order valence-electron chi connectivity index (χ3n) is 4.18. The van der Waals surface area contributed by atoms with E-state index in [-0.39, 0.29) is 32.1 Å². The van der Waals surface area contributed by atoms with Gasteiger partial charge in [-0.25, -0.2) is 14.4 Å². The number of alkyl carbamates (subject to hydrolysis) is 2. The summed E-state index contributed by atoms with van der Waals surface area (Å²) in [5.41, 5.74) is 7.24. The molecule has 2 rings (SSSR count). The molecular weight excluding hydrogens is 416 g/mol. The van der Waals surface area contributed by atoms with Crippen LogP contribution in [0.25, 0.3) is 0 Å². The maximum Gasteiger partial charge on any atom is 0.414 e. The van der Waals surface area contributed by atoms with Gasteiger partial charge in [-0.1, -0.05) is 60.7 Å². The van der Waals surface area contributed by atoms with Gasteiger partial charge in [0.2, 0.25) is 0 Å². The number of benzene rings is 2. The number of aliphatic carboxylic acids is 1. The minimum atomic E-state index is -1.19. The maximum absolute atomic E-state index is 11.9. The molecule has 0 spiro atoms. The van der Waals surface area contributed by atoms with E-state index in [1.807, 2.05) is 36.4 Å². The van der Waals surface area contributed by atoms with Crippen LogP contribution in [0.5, 0.6) is 0 Å². The highest BCUT2D eigenvalue weighted by Gasteiger charge is 2.20. The third-order valence-corrected chi connectivity index (χ3v) is 4.18. The standard InChI is InChI=1S/C22H26N4O6/c23-20(26-22(30)32-15-17-10-5-2-6-11-17)24-13-7-12-18(19(27)28)25-21(29)31-14-16-8-3-1-4-9-16/h1-6,8-11,18H,7,12-15H2,(H,25,29)(H,27,28)(H3,23,24,26,30)/t18-/m1/s1. The summed E-state index contributed by atoms with van der Waals surface area (Å²) in [4.78, 5) is 38.9. The van der Waals surface area contributed by atoms with Crippen molar-refractivity contribution in [2.24, 2.45) is 10.7 Å². The molecule has 1 atom stereocenters. The van der Waals surface area contributed by atoms with Crippen LogP contribution in [0.1, 0.15) is 24.0 Å². The molecule has 10 heteroatoms. The first-order valence-corrected chi connectivity index (χ1v) is 9.91. The minimum Gasteiger partial charge on any atom is -0.480 e. The second-order valence-corrected chi connectivity index (χ2v) is 6.69. The molecule has 0 aliphatic heterocycles. The molecule has 0 saturated heterocycles. The first-order chi connectivity index (χ1) is 15.4. The predicted molar refractivity (Wildman–Crippen MR) is 117 cm³/mol. The van der Waals surface area contributed by atoms with Gasteiger partial charge in [0.05, 0.1) is 0 Å². The molecule has 170 valence electrons. The van der Waals surface area contributed by atoms with Crippen molar-refractivity contribution in [2.45, 2.75) is 32.1 Å². The minimum absolute atomic E-state index is 0.0336. The Morgan fingerprint density at radius 3 is 1.97 bits per heavy atom. The molecule has 2 aromatic carbocycles. The average molecular weight is 442 g/mol. The Bertz CT molecular complexity index is 905. The van der Waals surface area contributed by atoms with E-state index in [4.69, 9.17) is 15.2 Å². The fourth-order valence-corrected chi connectivity index (χ4v) is 2.56. The van der Waals surface area contributed by atoms with E-state index in [2.05, 4.69) is 15.6 Å². The molecule has 0 unspecified atom stereocenters. The lowest BCUT2D eigenvalue weighted by atomic mass is 10.1. The van der Waals surface area contributed by atoms with Gasteiger partial charge >= 0.3 is 18.2 Å². The van der Waals surface area contributed by atoms with Crippen LogP contribution in [-0.4, -0.2) is 41.8 Å². The highest BCUT2D eigenvalue weighted by molar-refractivity contribution is 5.92. The lowest BCUT2D eigenvalue weighted by Gasteiger charge is -2.14. The molecule has 5 N–H and O–H groups in total. The molecule has 0 aromatic heterocycles. The maximum atomic E-state index is 11.9. The van der Waals surface area contributed by atoms with Crippen LogP contribution in [0.4, 0.5) is 9.59 Å². The van der Waals surface area contributed by atoms with Gasteiger partial charge in [0, 0.05) is 6.54 Å². The number of nitrogens with one attached hydrogen (secondary N) is 2. The zero-order valence-electron chi connectivity index (χ0n) is 17.4. The van der Waals surface area contributed by atoms with Crippen molar-refractivity contribution in [3.63, 3.8) is 0 Å². The fraction of sp³-hybridized carbons (Fsp3) is 0.273. The zero-order chi connectivity index (χ0) is 23.2. The van der Waals surface area contributed by atoms with Crippen LogP contribution in [-0.2, 0) is 27.5 Å². The van der Waals surface area contributed by atoms with Gasteiger partial charge < -0.3 is 25.6 Å². The summed E-state index contributed by atoms with van der Waals surface area (Å²) in [5.74, 6) is -1.34. The van der Waals surface area contributed by atoms with Crippen molar-refractivity contribution in [3.05, 3.63) is 71.8 Å². The lowest BCUT2D eigenvalue weighted by Crippen LogP contribution is -2.41. The first kappa shape index (κ1) is 24.2. The van der Waals surface area contributed by atoms with Crippen LogP contribution in [0.2, 0.25) is 0 Å². The number of hydrogen-bond donors (Lipinski definition) is 4. The number of rotatable bonds is 10. The van der Waals surface area contributed by atoms with Gasteiger partial charge in [0.15, 0.2) is 5.96 Å². The van der Waals surface area contributed by atoms with Crippen molar-refractivity contribution in [2.75, 3.05) is 6.54 Å². The Hall–Kier alpha value is -4.08. The van der Waals surface area contributed by atoms with E-state index in [1.165, 1.54) is 0 Å². The van der Waals surface area contributed by atoms with Crippen LogP contribution in [0.15, 0.2) is 65.7 Å². The Morgan fingerprint density at radius 1 is 0.906 bits per heavy atom. The Morgan fingerprint density at radius 2 is 1.44 bits per heavy atom. The summed E-state index contributed by atoms with van der Waals surface area (Å²) >= 11 is 0. The van der Waals surface area contributed by atoms with Gasteiger partial charge in [-0.15, -0.1) is 0 Å². The Balaban J connectivity index is 1.67. The summed E-state index contributed by atoms with van der Waals surface area (Å²) < 4.78 is 10.1. The van der Waals surface area contributed by atoms with Gasteiger partial charge in [-0.05, 0) is 24.0 Å². The van der Waals surface area contributed by atoms with Crippen LogP contribution in [0, 0.1) is 0 Å². The summed E-state index contributed by atoms with van der Waals surface area (Å²) in [7, 11) is 0. The normalized spacial score (nSPS) is 11.8. The van der Waals surface area contributed by atoms with Crippen molar-refractivity contribution >= 4 is 24.1 Å². The Labute approximate surface area is 185 Å². The second-order valence-electron chi connectivity index (χ2n) is 6.69. The van der Waals surface area contributed by atoms with E-state index >= 15 is 0 Å². The highest BCUT2D eigenvalue weighted by atomic mass is 16.6. The fourth-order valence-electron chi connectivity index (χ4n) is 2.56. The molecule has 2 amide bonds. The van der Waals surface area contributed by atoms with E-state index < -0.39 is 24.2 Å². The van der Waals surface area contributed by atoms with Crippen LogP contribution in [0.3, 0.4) is 0 Å². The molecule has 2 aromatic rings. The largest absolute Gasteiger partial charge is 0.480 e. The van der Waals surface area contributed by atoms with E-state index in [0.29, 0.717) is 6.42 Å². The number of aliphatic imine (C=N–C) groups is 1. The van der Waals surface area contributed by atoms with Crippen molar-refractivity contribution in [3.8, 4) is 0 Å². The molecular formula is C22H26N4O6.